The summed E-state index contributed by atoms with van der Waals surface area (Å²) >= 11 is 5.84. The minimum atomic E-state index is -0.115. The lowest BCUT2D eigenvalue weighted by molar-refractivity contribution is 0.0951. The fourth-order valence-electron chi connectivity index (χ4n) is 1.95. The molecule has 1 aromatic carbocycles. The maximum absolute atomic E-state index is 12.2. The van der Waals surface area contributed by atoms with Gasteiger partial charge in [0.15, 0.2) is 0 Å². The molecule has 2 aromatic rings. The first-order valence-corrected chi connectivity index (χ1v) is 7.79. The lowest BCUT2D eigenvalue weighted by Crippen LogP contribution is -2.23. The Labute approximate surface area is 135 Å². The van der Waals surface area contributed by atoms with E-state index in [1.54, 1.807) is 18.3 Å². The molecule has 0 saturated carbocycles. The lowest BCUT2D eigenvalue weighted by Gasteiger charge is -2.08. The van der Waals surface area contributed by atoms with Gasteiger partial charge in [-0.15, -0.1) is 0 Å². The van der Waals surface area contributed by atoms with E-state index in [0.717, 1.165) is 30.8 Å². The van der Waals surface area contributed by atoms with E-state index in [1.807, 2.05) is 24.3 Å². The molecule has 1 amide bonds. The van der Waals surface area contributed by atoms with Crippen LogP contribution in [0.1, 0.15) is 35.7 Å². The van der Waals surface area contributed by atoms with Crippen LogP contribution in [0.4, 0.5) is 5.82 Å². The average Bonchev–Trinajstić information content (AvgIpc) is 2.54. The van der Waals surface area contributed by atoms with Gasteiger partial charge >= 0.3 is 0 Å². The molecule has 4 nitrogen and oxygen atoms in total. The molecule has 0 aliphatic rings. The SMILES string of the molecule is CCCCNc1cc(C(=O)NCc2ccc(Cl)cc2)ccn1. The van der Waals surface area contributed by atoms with Crippen molar-refractivity contribution < 1.29 is 4.79 Å². The van der Waals surface area contributed by atoms with E-state index < -0.39 is 0 Å². The number of anilines is 1. The molecule has 5 heteroatoms. The van der Waals surface area contributed by atoms with Crippen LogP contribution in [0, 0.1) is 0 Å². The van der Waals surface area contributed by atoms with Crippen molar-refractivity contribution in [2.75, 3.05) is 11.9 Å². The van der Waals surface area contributed by atoms with Crippen LogP contribution < -0.4 is 10.6 Å². The van der Waals surface area contributed by atoms with Crippen LogP contribution in [0.3, 0.4) is 0 Å². The Hall–Kier alpha value is -2.07. The van der Waals surface area contributed by atoms with E-state index in [2.05, 4.69) is 22.5 Å². The van der Waals surface area contributed by atoms with Crippen LogP contribution in [-0.2, 0) is 6.54 Å². The predicted octanol–water partition coefficient (Wildman–Crippen LogP) is 3.88. The fraction of sp³-hybridized carbons (Fsp3) is 0.294. The molecule has 116 valence electrons. The number of aromatic nitrogens is 1. The molecule has 0 saturated heterocycles. The van der Waals surface area contributed by atoms with Crippen molar-refractivity contribution in [3.05, 3.63) is 58.7 Å². The molecule has 0 fully saturated rings. The van der Waals surface area contributed by atoms with Gasteiger partial charge in [-0.05, 0) is 36.2 Å². The molecule has 1 heterocycles. The Bertz CT molecular complexity index is 614. The van der Waals surface area contributed by atoms with E-state index in [1.165, 1.54) is 0 Å². The van der Waals surface area contributed by atoms with Gasteiger partial charge in [0.05, 0.1) is 0 Å². The Morgan fingerprint density at radius 2 is 2.00 bits per heavy atom. The van der Waals surface area contributed by atoms with Gasteiger partial charge in [-0.1, -0.05) is 37.1 Å². The summed E-state index contributed by atoms with van der Waals surface area (Å²) in [5.74, 6) is 0.614. The lowest BCUT2D eigenvalue weighted by atomic mass is 10.2. The molecule has 0 aliphatic carbocycles. The maximum Gasteiger partial charge on any atom is 0.251 e. The summed E-state index contributed by atoms with van der Waals surface area (Å²) in [6, 6.07) is 10.9. The highest BCUT2D eigenvalue weighted by atomic mass is 35.5. The smallest absolute Gasteiger partial charge is 0.251 e. The normalized spacial score (nSPS) is 10.3. The van der Waals surface area contributed by atoms with Crippen molar-refractivity contribution in [3.63, 3.8) is 0 Å². The quantitative estimate of drug-likeness (QED) is 0.762. The minimum Gasteiger partial charge on any atom is -0.370 e. The van der Waals surface area contributed by atoms with Crippen molar-refractivity contribution in [3.8, 4) is 0 Å². The molecular formula is C17H20ClN3O. The molecule has 22 heavy (non-hydrogen) atoms. The second-order valence-electron chi connectivity index (χ2n) is 5.02. The number of benzene rings is 1. The van der Waals surface area contributed by atoms with Gasteiger partial charge < -0.3 is 10.6 Å². The summed E-state index contributed by atoms with van der Waals surface area (Å²) in [4.78, 5) is 16.4. The van der Waals surface area contributed by atoms with Gasteiger partial charge in [0.1, 0.15) is 5.82 Å². The number of amides is 1. The zero-order valence-electron chi connectivity index (χ0n) is 12.6. The number of halogens is 1. The van der Waals surface area contributed by atoms with Crippen LogP contribution in [-0.4, -0.2) is 17.4 Å². The highest BCUT2D eigenvalue weighted by molar-refractivity contribution is 6.30. The summed E-state index contributed by atoms with van der Waals surface area (Å²) in [6.07, 6.45) is 3.84. The molecule has 1 aromatic heterocycles. The largest absolute Gasteiger partial charge is 0.370 e. The van der Waals surface area contributed by atoms with Gasteiger partial charge in [0.2, 0.25) is 0 Å². The Morgan fingerprint density at radius 3 is 2.73 bits per heavy atom. The number of unbranched alkanes of at least 4 members (excludes halogenated alkanes) is 1. The van der Waals surface area contributed by atoms with Gasteiger partial charge in [-0.2, -0.15) is 0 Å². The van der Waals surface area contributed by atoms with Crippen molar-refractivity contribution in [1.82, 2.24) is 10.3 Å². The summed E-state index contributed by atoms with van der Waals surface area (Å²) in [5.41, 5.74) is 1.61. The van der Waals surface area contributed by atoms with Gasteiger partial charge in [0, 0.05) is 29.9 Å². The first-order chi connectivity index (χ1) is 10.7. The minimum absolute atomic E-state index is 0.115. The summed E-state index contributed by atoms with van der Waals surface area (Å²) < 4.78 is 0. The molecule has 0 aliphatic heterocycles. The topological polar surface area (TPSA) is 54.0 Å². The average molecular weight is 318 g/mol. The predicted molar refractivity (Wildman–Crippen MR) is 90.3 cm³/mol. The van der Waals surface area contributed by atoms with Crippen LogP contribution in [0.2, 0.25) is 5.02 Å². The van der Waals surface area contributed by atoms with Crippen LogP contribution in [0.15, 0.2) is 42.6 Å². The molecule has 2 N–H and O–H groups in total. The first kappa shape index (κ1) is 16.3. The van der Waals surface area contributed by atoms with Crippen LogP contribution in [0.25, 0.3) is 0 Å². The first-order valence-electron chi connectivity index (χ1n) is 7.41. The highest BCUT2D eigenvalue weighted by Gasteiger charge is 2.06. The number of hydrogen-bond acceptors (Lipinski definition) is 3. The van der Waals surface area contributed by atoms with Crippen molar-refractivity contribution >= 4 is 23.3 Å². The summed E-state index contributed by atoms with van der Waals surface area (Å²) in [5, 5.41) is 6.79. The van der Waals surface area contributed by atoms with Crippen LogP contribution >= 0.6 is 11.6 Å². The van der Waals surface area contributed by atoms with Crippen LogP contribution in [0.5, 0.6) is 0 Å². The molecule has 0 spiro atoms. The maximum atomic E-state index is 12.2. The molecule has 0 bridgehead atoms. The van der Waals surface area contributed by atoms with Crippen molar-refractivity contribution in [1.29, 1.82) is 0 Å². The molecular weight excluding hydrogens is 298 g/mol. The van der Waals surface area contributed by atoms with E-state index in [4.69, 9.17) is 11.6 Å². The Balaban J connectivity index is 1.91. The molecule has 0 unspecified atom stereocenters. The number of pyridine rings is 1. The summed E-state index contributed by atoms with van der Waals surface area (Å²) in [6.45, 7) is 3.46. The fourth-order valence-corrected chi connectivity index (χ4v) is 2.07. The zero-order chi connectivity index (χ0) is 15.8. The van der Waals surface area contributed by atoms with E-state index in [0.29, 0.717) is 17.1 Å². The van der Waals surface area contributed by atoms with Gasteiger partial charge in [-0.3, -0.25) is 4.79 Å². The van der Waals surface area contributed by atoms with Crippen molar-refractivity contribution in [2.24, 2.45) is 0 Å². The highest BCUT2D eigenvalue weighted by Crippen LogP contribution is 2.10. The second kappa shape index (κ2) is 8.39. The third-order valence-corrected chi connectivity index (χ3v) is 3.48. The number of nitrogens with one attached hydrogen (secondary N) is 2. The number of carbonyl (C=O) groups excluding carboxylic acids is 1. The molecule has 2 rings (SSSR count). The van der Waals surface area contributed by atoms with Gasteiger partial charge in [0.25, 0.3) is 5.91 Å². The number of carbonyl (C=O) groups is 1. The molecule has 0 radical (unpaired) electrons. The van der Waals surface area contributed by atoms with E-state index in [-0.39, 0.29) is 5.91 Å². The van der Waals surface area contributed by atoms with Crippen molar-refractivity contribution in [2.45, 2.75) is 26.3 Å². The Morgan fingerprint density at radius 1 is 1.23 bits per heavy atom. The van der Waals surface area contributed by atoms with E-state index in [9.17, 15) is 4.79 Å². The zero-order valence-corrected chi connectivity index (χ0v) is 13.4. The Kier molecular flexibility index (Phi) is 6.22. The third-order valence-electron chi connectivity index (χ3n) is 3.22. The number of hydrogen-bond donors (Lipinski definition) is 2. The standard InChI is InChI=1S/C17H20ClN3O/c1-2-3-9-19-16-11-14(8-10-20-16)17(22)21-12-13-4-6-15(18)7-5-13/h4-8,10-11H,2-3,9,12H2,1H3,(H,19,20)(H,21,22). The van der Waals surface area contributed by atoms with Gasteiger partial charge in [-0.25, -0.2) is 4.98 Å². The number of nitrogens with zero attached hydrogens (tertiary/aromatic N) is 1. The third kappa shape index (κ3) is 5.04. The monoisotopic (exact) mass is 317 g/mol. The second-order valence-corrected chi connectivity index (χ2v) is 5.46. The molecule has 0 atom stereocenters. The summed E-state index contributed by atoms with van der Waals surface area (Å²) in [7, 11) is 0. The number of rotatable bonds is 7. The van der Waals surface area contributed by atoms with E-state index >= 15 is 0 Å².